The summed E-state index contributed by atoms with van der Waals surface area (Å²) in [5.41, 5.74) is 0. The molecule has 8 heteroatoms. The van der Waals surface area contributed by atoms with Crippen LogP contribution >= 0.6 is 10.3 Å². The molecule has 0 amide bonds. The van der Waals surface area contributed by atoms with Crippen LogP contribution in [0, 0.1) is 11.6 Å². The van der Waals surface area contributed by atoms with Gasteiger partial charge < -0.3 is 4.18 Å². The van der Waals surface area contributed by atoms with Gasteiger partial charge in [-0.3, -0.25) is 0 Å². The predicted octanol–water partition coefficient (Wildman–Crippen LogP) is 6.27. The second-order valence-corrected chi connectivity index (χ2v) is 8.34. The van der Waals surface area contributed by atoms with Gasteiger partial charge in [-0.05, 0) is 71.0 Å². The number of hydrogen-bond acceptors (Lipinski definition) is 2. The minimum atomic E-state index is -5.24. The highest BCUT2D eigenvalue weighted by molar-refractivity contribution is 8.30. The largest absolute Gasteiger partial charge is 0.491 e. The van der Waals surface area contributed by atoms with Crippen LogP contribution in [0.15, 0.2) is 93.5 Å². The Morgan fingerprint density at radius 3 is 1.46 bits per heavy atom. The van der Waals surface area contributed by atoms with Crippen molar-refractivity contribution in [3.8, 4) is 0 Å². The summed E-state index contributed by atoms with van der Waals surface area (Å²) >= 11 is 0. The molecule has 0 bridgehead atoms. The lowest BCUT2D eigenvalue weighted by molar-refractivity contribution is -0.188. The van der Waals surface area contributed by atoms with Gasteiger partial charge in [0, 0.05) is 14.7 Å². The molecule has 0 saturated heterocycles. The smallest absolute Gasteiger partial charge is 0.395 e. The van der Waals surface area contributed by atoms with Crippen LogP contribution in [0.2, 0.25) is 0 Å². The molecule has 0 saturated carbocycles. The molecule has 3 aromatic carbocycles. The van der Waals surface area contributed by atoms with E-state index in [1.165, 1.54) is 36.4 Å². The summed E-state index contributed by atoms with van der Waals surface area (Å²) in [6, 6.07) is 17.1. The van der Waals surface area contributed by atoms with E-state index in [-0.39, 0.29) is 14.7 Å². The Morgan fingerprint density at radius 1 is 0.679 bits per heavy atom. The van der Waals surface area contributed by atoms with Crippen LogP contribution in [0.5, 0.6) is 0 Å². The summed E-state index contributed by atoms with van der Waals surface area (Å²) in [4.78, 5) is 12.4. The SMILES string of the molecule is O=C(OS(c1ccccc1)(c1ccc(F)cc1)c1ccc(F)cc1)C(F)(F)F. The monoisotopic (exact) mass is 412 g/mol. The Bertz CT molecular complexity index is 909. The molecule has 146 valence electrons. The Morgan fingerprint density at radius 2 is 1.07 bits per heavy atom. The molecule has 0 aliphatic rings. The van der Waals surface area contributed by atoms with E-state index in [4.69, 9.17) is 4.18 Å². The number of benzene rings is 3. The van der Waals surface area contributed by atoms with Crippen molar-refractivity contribution in [1.82, 2.24) is 0 Å². The molecule has 0 unspecified atom stereocenters. The van der Waals surface area contributed by atoms with Crippen LogP contribution in [-0.2, 0) is 8.98 Å². The van der Waals surface area contributed by atoms with Crippen molar-refractivity contribution in [2.24, 2.45) is 0 Å². The zero-order valence-corrected chi connectivity index (χ0v) is 14.9. The van der Waals surface area contributed by atoms with Crippen LogP contribution in [0.1, 0.15) is 0 Å². The lowest BCUT2D eigenvalue weighted by Crippen LogP contribution is -2.27. The summed E-state index contributed by atoms with van der Waals surface area (Å²) in [6.45, 7) is 0. The standard InChI is InChI=1S/C20H13F5O2S/c21-14-6-10-17(11-7-14)28(16-4-2-1-3-5-16,27-19(26)20(23,24)25)18-12-8-15(22)9-13-18/h1-13H. The molecule has 0 fully saturated rings. The van der Waals surface area contributed by atoms with E-state index in [0.717, 1.165) is 24.3 Å². The molecular formula is C20H13F5O2S. The van der Waals surface area contributed by atoms with Gasteiger partial charge in [-0.1, -0.05) is 18.2 Å². The summed E-state index contributed by atoms with van der Waals surface area (Å²) in [5, 5.41) is 0. The zero-order valence-electron chi connectivity index (χ0n) is 14.1. The second kappa shape index (κ2) is 7.63. The van der Waals surface area contributed by atoms with E-state index < -0.39 is 34.1 Å². The highest BCUT2D eigenvalue weighted by Crippen LogP contribution is 2.69. The van der Waals surface area contributed by atoms with Gasteiger partial charge in [-0.15, -0.1) is 0 Å². The maximum Gasteiger partial charge on any atom is 0.491 e. The van der Waals surface area contributed by atoms with E-state index in [9.17, 15) is 26.7 Å². The van der Waals surface area contributed by atoms with Crippen molar-refractivity contribution in [2.45, 2.75) is 20.9 Å². The van der Waals surface area contributed by atoms with Crippen molar-refractivity contribution in [1.29, 1.82) is 0 Å². The number of alkyl halides is 3. The first-order valence-electron chi connectivity index (χ1n) is 7.94. The van der Waals surface area contributed by atoms with Gasteiger partial charge in [0.25, 0.3) is 0 Å². The Kier molecular flexibility index (Phi) is 5.42. The van der Waals surface area contributed by atoms with Crippen LogP contribution < -0.4 is 0 Å². The molecule has 0 spiro atoms. The maximum absolute atomic E-state index is 13.5. The molecule has 0 atom stereocenters. The average molecular weight is 412 g/mol. The first-order chi connectivity index (χ1) is 13.2. The van der Waals surface area contributed by atoms with Crippen molar-refractivity contribution in [3.63, 3.8) is 0 Å². The summed E-state index contributed by atoms with van der Waals surface area (Å²) in [6.07, 6.45) is -5.24. The molecule has 0 radical (unpaired) electrons. The normalized spacial score (nSPS) is 12.5. The van der Waals surface area contributed by atoms with Crippen LogP contribution in [0.25, 0.3) is 0 Å². The maximum atomic E-state index is 13.5. The van der Waals surface area contributed by atoms with Crippen molar-refractivity contribution in [2.75, 3.05) is 0 Å². The van der Waals surface area contributed by atoms with E-state index in [0.29, 0.717) is 0 Å². The first kappa shape index (κ1) is 19.9. The van der Waals surface area contributed by atoms with E-state index in [2.05, 4.69) is 0 Å². The number of halogens is 5. The first-order valence-corrected chi connectivity index (χ1v) is 9.49. The fourth-order valence-electron chi connectivity index (χ4n) is 2.58. The fraction of sp³-hybridized carbons (Fsp3) is 0.0500. The predicted molar refractivity (Wildman–Crippen MR) is 93.8 cm³/mol. The van der Waals surface area contributed by atoms with Gasteiger partial charge >= 0.3 is 12.1 Å². The molecule has 0 aliphatic heterocycles. The topological polar surface area (TPSA) is 26.3 Å². The van der Waals surface area contributed by atoms with E-state index in [1.54, 1.807) is 18.2 Å². The molecule has 2 nitrogen and oxygen atoms in total. The van der Waals surface area contributed by atoms with Crippen LogP contribution in [0.3, 0.4) is 0 Å². The van der Waals surface area contributed by atoms with Crippen molar-refractivity contribution < 1.29 is 30.9 Å². The quantitative estimate of drug-likeness (QED) is 0.473. The average Bonchev–Trinajstić information content (AvgIpc) is 2.67. The van der Waals surface area contributed by atoms with Gasteiger partial charge in [0.05, 0.1) is 0 Å². The Hall–Kier alpha value is -2.87. The molecule has 0 aliphatic carbocycles. The van der Waals surface area contributed by atoms with Gasteiger partial charge in [0.15, 0.2) is 0 Å². The molecule has 3 aromatic rings. The van der Waals surface area contributed by atoms with E-state index >= 15 is 0 Å². The number of hydrogen-bond donors (Lipinski definition) is 0. The minimum absolute atomic E-state index is 0.157. The summed E-state index contributed by atoms with van der Waals surface area (Å²) < 4.78 is 71.2. The third-order valence-electron chi connectivity index (χ3n) is 3.80. The Labute approximate surface area is 159 Å². The van der Waals surface area contributed by atoms with Crippen molar-refractivity contribution >= 4 is 16.3 Å². The van der Waals surface area contributed by atoms with Gasteiger partial charge in [0.1, 0.15) is 11.6 Å². The summed E-state index contributed by atoms with van der Waals surface area (Å²) in [5.74, 6) is -3.60. The minimum Gasteiger partial charge on any atom is -0.395 e. The lowest BCUT2D eigenvalue weighted by Gasteiger charge is -2.39. The van der Waals surface area contributed by atoms with Crippen molar-refractivity contribution in [3.05, 3.63) is 90.5 Å². The number of carbonyl (C=O) groups excluding carboxylic acids is 1. The van der Waals surface area contributed by atoms with Gasteiger partial charge in [-0.2, -0.15) is 13.2 Å². The van der Waals surface area contributed by atoms with E-state index in [1.807, 2.05) is 0 Å². The number of carbonyl (C=O) groups is 1. The molecule has 0 aromatic heterocycles. The third kappa shape index (κ3) is 3.87. The highest BCUT2D eigenvalue weighted by Gasteiger charge is 2.47. The van der Waals surface area contributed by atoms with Gasteiger partial charge in [-0.25, -0.2) is 13.6 Å². The van der Waals surface area contributed by atoms with Crippen LogP contribution in [-0.4, -0.2) is 12.1 Å². The Balaban J connectivity index is 2.32. The molecule has 3 rings (SSSR count). The summed E-state index contributed by atoms with van der Waals surface area (Å²) in [7, 11) is -3.25. The van der Waals surface area contributed by atoms with Gasteiger partial charge in [0.2, 0.25) is 0 Å². The van der Waals surface area contributed by atoms with Crippen LogP contribution in [0.4, 0.5) is 22.0 Å². The third-order valence-corrected chi connectivity index (χ3v) is 7.01. The zero-order chi connectivity index (χ0) is 20.4. The number of rotatable bonds is 4. The molecule has 0 heterocycles. The lowest BCUT2D eigenvalue weighted by atomic mass is 10.3. The fourth-order valence-corrected chi connectivity index (χ4v) is 5.58. The molecule has 28 heavy (non-hydrogen) atoms. The molecular weight excluding hydrogens is 399 g/mol. The molecule has 0 N–H and O–H groups in total. The highest BCUT2D eigenvalue weighted by atomic mass is 32.3. The second-order valence-electron chi connectivity index (χ2n) is 5.65.